The van der Waals surface area contributed by atoms with Gasteiger partial charge in [-0.25, -0.2) is 0 Å². The summed E-state index contributed by atoms with van der Waals surface area (Å²) in [7, 11) is 2.03. The van der Waals surface area contributed by atoms with Gasteiger partial charge in [0.25, 0.3) is 0 Å². The van der Waals surface area contributed by atoms with Gasteiger partial charge in [-0.3, -0.25) is 0 Å². The van der Waals surface area contributed by atoms with Gasteiger partial charge in [0.05, 0.1) is 0 Å². The number of rotatable bonds is 9. The summed E-state index contributed by atoms with van der Waals surface area (Å²) in [5.41, 5.74) is 0. The first-order valence-electron chi connectivity index (χ1n) is 6.07. The molecule has 0 aromatic rings. The van der Waals surface area contributed by atoms with Gasteiger partial charge < -0.3 is 10.6 Å². The van der Waals surface area contributed by atoms with E-state index in [4.69, 9.17) is 0 Å². The van der Waals surface area contributed by atoms with E-state index in [1.807, 2.05) is 7.05 Å². The highest BCUT2D eigenvalue weighted by Gasteiger charge is 2.10. The largest absolute Gasteiger partial charge is 0.319 e. The maximum atomic E-state index is 3.55. The normalized spacial score (nSPS) is 13.5. The minimum atomic E-state index is 0.765. The molecular formula is C12H28N2. The zero-order valence-corrected chi connectivity index (χ0v) is 10.4. The molecule has 0 aromatic heterocycles. The third kappa shape index (κ3) is 7.34. The van der Waals surface area contributed by atoms with Crippen molar-refractivity contribution >= 4 is 0 Å². The smallest absolute Gasteiger partial charge is 0.000593 e. The molecule has 0 rings (SSSR count). The third-order valence-electron chi connectivity index (χ3n) is 2.77. The van der Waals surface area contributed by atoms with Crippen molar-refractivity contribution in [2.45, 2.75) is 40.0 Å². The molecule has 0 amide bonds. The maximum Gasteiger partial charge on any atom is -0.000593 e. The molecule has 0 spiro atoms. The van der Waals surface area contributed by atoms with E-state index in [-0.39, 0.29) is 0 Å². The highest BCUT2D eigenvalue weighted by atomic mass is 14.9. The minimum absolute atomic E-state index is 0.765. The number of unbranched alkanes of at least 4 members (excludes halogenated alkanes) is 2. The van der Waals surface area contributed by atoms with Crippen LogP contribution in [0.15, 0.2) is 0 Å². The lowest BCUT2D eigenvalue weighted by Crippen LogP contribution is -2.33. The van der Waals surface area contributed by atoms with E-state index in [2.05, 4.69) is 31.4 Å². The van der Waals surface area contributed by atoms with Gasteiger partial charge in [-0.05, 0) is 44.9 Å². The van der Waals surface area contributed by atoms with Crippen LogP contribution >= 0.6 is 0 Å². The number of nitrogens with one attached hydrogen (secondary N) is 2. The molecular weight excluding hydrogens is 172 g/mol. The lowest BCUT2D eigenvalue weighted by molar-refractivity contribution is 0.352. The summed E-state index contributed by atoms with van der Waals surface area (Å²) in [6, 6.07) is 0. The van der Waals surface area contributed by atoms with Gasteiger partial charge in [-0.2, -0.15) is 0 Å². The van der Waals surface area contributed by atoms with Crippen LogP contribution in [0.1, 0.15) is 40.0 Å². The van der Waals surface area contributed by atoms with Crippen molar-refractivity contribution in [3.8, 4) is 0 Å². The predicted octanol–water partition coefficient (Wildman–Crippen LogP) is 2.26. The number of hydrogen-bond acceptors (Lipinski definition) is 2. The Morgan fingerprint density at radius 2 is 1.79 bits per heavy atom. The van der Waals surface area contributed by atoms with Crippen LogP contribution in [0.2, 0.25) is 0 Å². The van der Waals surface area contributed by atoms with Crippen molar-refractivity contribution in [3.63, 3.8) is 0 Å². The molecule has 0 aromatic carbocycles. The predicted molar refractivity (Wildman–Crippen MR) is 64.6 cm³/mol. The highest BCUT2D eigenvalue weighted by Crippen LogP contribution is 2.08. The molecule has 86 valence electrons. The molecule has 2 N–H and O–H groups in total. The van der Waals surface area contributed by atoms with Crippen LogP contribution in [-0.4, -0.2) is 26.7 Å². The summed E-state index contributed by atoms with van der Waals surface area (Å²) in [5, 5.41) is 6.81. The zero-order chi connectivity index (χ0) is 10.8. The summed E-state index contributed by atoms with van der Waals surface area (Å²) < 4.78 is 0. The quantitative estimate of drug-likeness (QED) is 0.558. The molecule has 0 fully saturated rings. The van der Waals surface area contributed by atoms with Gasteiger partial charge in [0, 0.05) is 0 Å². The lowest BCUT2D eigenvalue weighted by atomic mass is 9.96. The lowest BCUT2D eigenvalue weighted by Gasteiger charge is -2.20. The van der Waals surface area contributed by atoms with Crippen molar-refractivity contribution in [2.24, 2.45) is 11.8 Å². The Hall–Kier alpha value is -0.0800. The summed E-state index contributed by atoms with van der Waals surface area (Å²) in [5.74, 6) is 1.53. The van der Waals surface area contributed by atoms with Crippen molar-refractivity contribution in [3.05, 3.63) is 0 Å². The fourth-order valence-electron chi connectivity index (χ4n) is 1.59. The van der Waals surface area contributed by atoms with Crippen molar-refractivity contribution in [1.29, 1.82) is 0 Å². The summed E-state index contributed by atoms with van der Waals surface area (Å²) in [4.78, 5) is 0. The molecule has 1 unspecified atom stereocenters. The summed E-state index contributed by atoms with van der Waals surface area (Å²) >= 11 is 0. The fourth-order valence-corrected chi connectivity index (χ4v) is 1.59. The summed E-state index contributed by atoms with van der Waals surface area (Å²) in [6.45, 7) is 10.3. The van der Waals surface area contributed by atoms with Gasteiger partial charge in [0.2, 0.25) is 0 Å². The molecule has 14 heavy (non-hydrogen) atoms. The van der Waals surface area contributed by atoms with Gasteiger partial charge in [-0.15, -0.1) is 0 Å². The van der Waals surface area contributed by atoms with Crippen LogP contribution in [-0.2, 0) is 0 Å². The summed E-state index contributed by atoms with van der Waals surface area (Å²) in [6.07, 6.45) is 3.98. The molecule has 0 saturated carbocycles. The number of hydrogen-bond donors (Lipinski definition) is 2. The van der Waals surface area contributed by atoms with Gasteiger partial charge in [0.1, 0.15) is 0 Å². The molecule has 0 saturated heterocycles. The topological polar surface area (TPSA) is 24.1 Å². The molecule has 0 aliphatic carbocycles. The van der Waals surface area contributed by atoms with E-state index in [9.17, 15) is 0 Å². The second-order valence-corrected chi connectivity index (χ2v) is 4.47. The third-order valence-corrected chi connectivity index (χ3v) is 2.77. The van der Waals surface area contributed by atoms with Crippen molar-refractivity contribution in [1.82, 2.24) is 10.6 Å². The Bertz CT molecular complexity index is 113. The first kappa shape index (κ1) is 13.9. The Morgan fingerprint density at radius 1 is 1.07 bits per heavy atom. The second-order valence-electron chi connectivity index (χ2n) is 4.47. The monoisotopic (exact) mass is 200 g/mol. The SMILES string of the molecule is CCCCCNCC(CNC)C(C)C. The molecule has 2 nitrogen and oxygen atoms in total. The van der Waals surface area contributed by atoms with E-state index in [1.54, 1.807) is 0 Å². The Balaban J connectivity index is 3.41. The van der Waals surface area contributed by atoms with Gasteiger partial charge in [0.15, 0.2) is 0 Å². The van der Waals surface area contributed by atoms with Crippen LogP contribution in [0.3, 0.4) is 0 Å². The maximum absolute atomic E-state index is 3.55. The van der Waals surface area contributed by atoms with Crippen LogP contribution in [0, 0.1) is 11.8 Å². The van der Waals surface area contributed by atoms with Crippen LogP contribution in [0.4, 0.5) is 0 Å². The standard InChI is InChI=1S/C12H28N2/c1-5-6-7-8-14-10-12(9-13-4)11(2)3/h11-14H,5-10H2,1-4H3. The highest BCUT2D eigenvalue weighted by molar-refractivity contribution is 4.67. The Labute approximate surface area is 89.9 Å². The molecule has 0 bridgehead atoms. The van der Waals surface area contributed by atoms with Crippen LogP contribution < -0.4 is 10.6 Å². The van der Waals surface area contributed by atoms with Gasteiger partial charge in [-0.1, -0.05) is 33.6 Å². The average molecular weight is 200 g/mol. The molecule has 0 heterocycles. The van der Waals surface area contributed by atoms with Gasteiger partial charge >= 0.3 is 0 Å². The van der Waals surface area contributed by atoms with Crippen molar-refractivity contribution in [2.75, 3.05) is 26.7 Å². The van der Waals surface area contributed by atoms with Crippen molar-refractivity contribution < 1.29 is 0 Å². The van der Waals surface area contributed by atoms with E-state index in [1.165, 1.54) is 25.8 Å². The molecule has 0 aliphatic heterocycles. The molecule has 0 aliphatic rings. The fraction of sp³-hybridized carbons (Fsp3) is 1.00. The van der Waals surface area contributed by atoms with Crippen LogP contribution in [0.25, 0.3) is 0 Å². The minimum Gasteiger partial charge on any atom is -0.319 e. The Morgan fingerprint density at radius 3 is 2.29 bits per heavy atom. The molecule has 0 radical (unpaired) electrons. The van der Waals surface area contributed by atoms with E-state index in [0.717, 1.165) is 24.9 Å². The first-order chi connectivity index (χ1) is 6.72. The van der Waals surface area contributed by atoms with E-state index in [0.29, 0.717) is 0 Å². The molecule has 1 atom stereocenters. The first-order valence-corrected chi connectivity index (χ1v) is 6.07. The molecule has 2 heteroatoms. The van der Waals surface area contributed by atoms with E-state index < -0.39 is 0 Å². The Kier molecular flexibility index (Phi) is 9.42. The zero-order valence-electron chi connectivity index (χ0n) is 10.4. The second kappa shape index (κ2) is 9.47. The van der Waals surface area contributed by atoms with Crippen LogP contribution in [0.5, 0.6) is 0 Å². The van der Waals surface area contributed by atoms with E-state index >= 15 is 0 Å². The average Bonchev–Trinajstić information content (AvgIpc) is 2.15.